The fraction of sp³-hybridized carbons (Fsp3) is 1.00. The average Bonchev–Trinajstić information content (AvgIpc) is 2.29. The van der Waals surface area contributed by atoms with E-state index in [1.54, 1.807) is 0 Å². The summed E-state index contributed by atoms with van der Waals surface area (Å²) in [4.78, 5) is 20.3. The quantitative estimate of drug-likeness (QED) is 0.292. The van der Waals surface area contributed by atoms with Crippen molar-refractivity contribution in [3.05, 3.63) is 0 Å². The van der Waals surface area contributed by atoms with Crippen molar-refractivity contribution >= 4 is 7.82 Å². The van der Waals surface area contributed by atoms with E-state index < -0.39 is 7.82 Å². The molecule has 0 amide bonds. The number of phosphoric acid groups is 1. The molecule has 19 heavy (non-hydrogen) atoms. The topological polar surface area (TPSA) is 72.4 Å². The molecule has 0 aliphatic rings. The second kappa shape index (κ2) is 15.1. The molecule has 0 saturated heterocycles. The predicted octanol–water partition coefficient (Wildman–Crippen LogP) is 3.14. The minimum absolute atomic E-state index is 0. The third-order valence-corrected chi connectivity index (χ3v) is 3.50. The van der Waals surface area contributed by atoms with Gasteiger partial charge in [0, 0.05) is 0 Å². The second-order valence-electron chi connectivity index (χ2n) is 4.82. The summed E-state index contributed by atoms with van der Waals surface area (Å²) in [6.07, 6.45) is 13.1. The van der Waals surface area contributed by atoms with Gasteiger partial charge in [-0.25, -0.2) is 0 Å². The Hall–Kier alpha value is 0.733. The molecule has 0 fully saturated rings. The molecule has 0 rings (SSSR count). The van der Waals surface area contributed by atoms with Crippen LogP contribution in [-0.4, -0.2) is 6.61 Å². The van der Waals surface area contributed by atoms with Gasteiger partial charge >= 0.3 is 19.5 Å². The number of unbranched alkanes of at least 4 members (excludes halogenated alkanes) is 10. The van der Waals surface area contributed by atoms with E-state index in [1.807, 2.05) is 0 Å². The van der Waals surface area contributed by atoms with Gasteiger partial charge in [0.2, 0.25) is 0 Å². The number of phosphoric ester groups is 1. The van der Waals surface area contributed by atoms with Crippen LogP contribution in [0.15, 0.2) is 0 Å². The Kier molecular flexibility index (Phi) is 17.5. The maximum Gasteiger partial charge on any atom is 2.00 e. The molecule has 6 heteroatoms. The molecule has 0 heterocycles. The van der Waals surface area contributed by atoms with Crippen LogP contribution in [0.2, 0.25) is 0 Å². The van der Waals surface area contributed by atoms with E-state index >= 15 is 0 Å². The van der Waals surface area contributed by atoms with Crippen molar-refractivity contribution in [2.24, 2.45) is 0 Å². The zero-order chi connectivity index (χ0) is 13.7. The van der Waals surface area contributed by atoms with Gasteiger partial charge in [-0.1, -0.05) is 71.1 Å². The molecule has 0 atom stereocenters. The Balaban J connectivity index is 0. The van der Waals surface area contributed by atoms with Gasteiger partial charge in [0.15, 0.2) is 0 Å². The van der Waals surface area contributed by atoms with Crippen molar-refractivity contribution in [1.29, 1.82) is 0 Å². The molecule has 0 aromatic carbocycles. The summed E-state index contributed by atoms with van der Waals surface area (Å²) >= 11 is 0. The van der Waals surface area contributed by atoms with E-state index in [-0.39, 0.29) is 26.1 Å². The molecule has 0 aliphatic heterocycles. The Labute approximate surface area is 130 Å². The van der Waals surface area contributed by atoms with Crippen LogP contribution in [0.3, 0.4) is 0 Å². The summed E-state index contributed by atoms with van der Waals surface area (Å²) in [6, 6.07) is 0. The molecule has 0 saturated carbocycles. The zero-order valence-electron chi connectivity index (χ0n) is 12.3. The first kappa shape index (κ1) is 22.0. The van der Waals surface area contributed by atoms with E-state index in [2.05, 4.69) is 11.4 Å². The van der Waals surface area contributed by atoms with Gasteiger partial charge in [0.1, 0.15) is 0 Å². The van der Waals surface area contributed by atoms with Crippen LogP contribution in [0.25, 0.3) is 0 Å². The van der Waals surface area contributed by atoms with Crippen molar-refractivity contribution in [3.63, 3.8) is 0 Å². The van der Waals surface area contributed by atoms with Crippen LogP contribution >= 0.6 is 7.82 Å². The largest absolute Gasteiger partial charge is 2.00 e. The van der Waals surface area contributed by atoms with Crippen LogP contribution in [-0.2, 0) is 28.6 Å². The first-order valence-corrected chi connectivity index (χ1v) is 8.69. The van der Waals surface area contributed by atoms with Crippen LogP contribution in [0.4, 0.5) is 0 Å². The smallest absolute Gasteiger partial charge is 0.790 e. The predicted molar refractivity (Wildman–Crippen MR) is 70.0 cm³/mol. The van der Waals surface area contributed by atoms with E-state index in [0.717, 1.165) is 12.8 Å². The third-order valence-electron chi connectivity index (χ3n) is 3.00. The van der Waals surface area contributed by atoms with Gasteiger partial charge in [-0.05, 0) is 6.42 Å². The Morgan fingerprint density at radius 3 is 1.53 bits per heavy atom. The van der Waals surface area contributed by atoms with Crippen molar-refractivity contribution < 1.29 is 38.4 Å². The average molecular weight is 344 g/mol. The number of rotatable bonds is 13. The van der Waals surface area contributed by atoms with Gasteiger partial charge in [0.25, 0.3) is 0 Å². The van der Waals surface area contributed by atoms with Gasteiger partial charge in [-0.3, -0.25) is 0 Å². The van der Waals surface area contributed by atoms with Crippen LogP contribution in [0, 0.1) is 0 Å². The molecule has 0 radical (unpaired) electrons. The Morgan fingerprint density at radius 1 is 0.789 bits per heavy atom. The zero-order valence-corrected chi connectivity index (χ0v) is 16.1. The van der Waals surface area contributed by atoms with E-state index in [1.165, 1.54) is 51.4 Å². The molecular formula is C13H27O4PZn. The Bertz CT molecular complexity index is 221. The molecule has 0 N–H and O–H groups in total. The standard InChI is InChI=1S/C13H29O4P.Zn/c1-2-3-4-5-6-7-8-9-10-11-12-13-17-18(14,15)16;/h2-13H2,1H3,(H2,14,15,16);/q;+2/p-2. The first-order chi connectivity index (χ1) is 8.56. The molecule has 0 aromatic rings. The minimum atomic E-state index is -4.75. The molecule has 0 unspecified atom stereocenters. The monoisotopic (exact) mass is 342 g/mol. The minimum Gasteiger partial charge on any atom is -0.790 e. The van der Waals surface area contributed by atoms with Gasteiger partial charge in [0.05, 0.1) is 14.4 Å². The van der Waals surface area contributed by atoms with Gasteiger partial charge in [-0.2, -0.15) is 0 Å². The fourth-order valence-electron chi connectivity index (χ4n) is 1.94. The SMILES string of the molecule is CCCCCCCCCCCCCOP(=O)([O-])[O-].[Zn+2]. The number of hydrogen-bond donors (Lipinski definition) is 0. The summed E-state index contributed by atoms with van der Waals surface area (Å²) in [5, 5.41) is 0. The molecule has 0 aromatic heterocycles. The molecule has 110 valence electrons. The van der Waals surface area contributed by atoms with Crippen molar-refractivity contribution in [3.8, 4) is 0 Å². The second-order valence-corrected chi connectivity index (χ2v) is 5.97. The first-order valence-electron chi connectivity index (χ1n) is 7.23. The van der Waals surface area contributed by atoms with E-state index in [4.69, 9.17) is 0 Å². The van der Waals surface area contributed by atoms with Gasteiger partial charge in [-0.15, -0.1) is 0 Å². The fourth-order valence-corrected chi connectivity index (χ4v) is 2.30. The van der Waals surface area contributed by atoms with Crippen molar-refractivity contribution in [1.82, 2.24) is 0 Å². The summed E-state index contributed by atoms with van der Waals surface area (Å²) in [5.74, 6) is 0. The van der Waals surface area contributed by atoms with Crippen LogP contribution in [0.1, 0.15) is 77.6 Å². The molecule has 0 spiro atoms. The van der Waals surface area contributed by atoms with Crippen LogP contribution in [0.5, 0.6) is 0 Å². The Morgan fingerprint density at radius 2 is 1.16 bits per heavy atom. The molecule has 0 aliphatic carbocycles. The molecular weight excluding hydrogens is 317 g/mol. The molecule has 4 nitrogen and oxygen atoms in total. The number of hydrogen-bond acceptors (Lipinski definition) is 4. The van der Waals surface area contributed by atoms with Crippen molar-refractivity contribution in [2.45, 2.75) is 77.6 Å². The summed E-state index contributed by atoms with van der Waals surface area (Å²) < 4.78 is 14.3. The maximum atomic E-state index is 10.2. The maximum absolute atomic E-state index is 10.2. The summed E-state index contributed by atoms with van der Waals surface area (Å²) in [5.41, 5.74) is 0. The third kappa shape index (κ3) is 21.2. The molecule has 0 bridgehead atoms. The summed E-state index contributed by atoms with van der Waals surface area (Å²) in [7, 11) is -4.75. The van der Waals surface area contributed by atoms with Crippen molar-refractivity contribution in [2.75, 3.05) is 6.61 Å². The van der Waals surface area contributed by atoms with Crippen LogP contribution < -0.4 is 9.79 Å². The normalized spacial score (nSPS) is 11.3. The van der Waals surface area contributed by atoms with E-state index in [0.29, 0.717) is 6.42 Å². The summed E-state index contributed by atoms with van der Waals surface area (Å²) in [6.45, 7) is 2.27. The van der Waals surface area contributed by atoms with Gasteiger partial charge < -0.3 is 18.9 Å². The van der Waals surface area contributed by atoms with E-state index in [9.17, 15) is 14.4 Å².